The van der Waals surface area contributed by atoms with Gasteiger partial charge >= 0.3 is 0 Å². The van der Waals surface area contributed by atoms with Crippen LogP contribution in [0.2, 0.25) is 0 Å². The van der Waals surface area contributed by atoms with Crippen molar-refractivity contribution < 1.29 is 4.79 Å². The molecule has 0 saturated heterocycles. The van der Waals surface area contributed by atoms with E-state index in [0.29, 0.717) is 18.2 Å². The molecule has 0 aromatic rings. The number of hydrogen-bond donors (Lipinski definition) is 1. The van der Waals surface area contributed by atoms with Crippen LogP contribution < -0.4 is 5.32 Å². The molecule has 0 rings (SSSR count). The van der Waals surface area contributed by atoms with Gasteiger partial charge in [0.05, 0.1) is 6.54 Å². The van der Waals surface area contributed by atoms with Crippen LogP contribution in [0.3, 0.4) is 0 Å². The first kappa shape index (κ1) is 13.3. The summed E-state index contributed by atoms with van der Waals surface area (Å²) in [5.74, 6) is 0.129. The molecule has 0 aliphatic carbocycles. The zero-order valence-electron chi connectivity index (χ0n) is 9.76. The minimum atomic E-state index is 0.129. The summed E-state index contributed by atoms with van der Waals surface area (Å²) in [6.07, 6.45) is 1.05. The molecule has 0 aromatic heterocycles. The van der Waals surface area contributed by atoms with Crippen molar-refractivity contribution in [2.45, 2.75) is 26.3 Å². The van der Waals surface area contributed by atoms with Crippen LogP contribution in [0.5, 0.6) is 0 Å². The van der Waals surface area contributed by atoms with E-state index in [9.17, 15) is 4.79 Å². The summed E-state index contributed by atoms with van der Waals surface area (Å²) in [5, 5.41) is 3.17. The Bertz CT molecular complexity index is 201. The molecular weight excluding hydrogens is 176 g/mol. The van der Waals surface area contributed by atoms with Gasteiger partial charge in [0.1, 0.15) is 0 Å². The van der Waals surface area contributed by atoms with Gasteiger partial charge in [-0.1, -0.05) is 6.58 Å². The van der Waals surface area contributed by atoms with E-state index in [-0.39, 0.29) is 5.78 Å². The molecule has 14 heavy (non-hydrogen) atoms. The molecule has 0 fully saturated rings. The summed E-state index contributed by atoms with van der Waals surface area (Å²) in [7, 11) is 3.91. The zero-order valence-corrected chi connectivity index (χ0v) is 9.76. The summed E-state index contributed by atoms with van der Waals surface area (Å²) in [6.45, 7) is 8.93. The maximum atomic E-state index is 11.3. The number of carbonyl (C=O) groups excluding carboxylic acids is 1. The SMILES string of the molecule is C=C(C)C(=O)CN(C)CCC(C)NC. The van der Waals surface area contributed by atoms with E-state index in [4.69, 9.17) is 0 Å². The van der Waals surface area contributed by atoms with Gasteiger partial charge in [-0.2, -0.15) is 0 Å². The van der Waals surface area contributed by atoms with E-state index < -0.39 is 0 Å². The predicted octanol–water partition coefficient (Wildman–Crippen LogP) is 1.06. The van der Waals surface area contributed by atoms with Crippen molar-refractivity contribution in [3.8, 4) is 0 Å². The second-order valence-electron chi connectivity index (χ2n) is 3.92. The van der Waals surface area contributed by atoms with Gasteiger partial charge in [0.15, 0.2) is 5.78 Å². The van der Waals surface area contributed by atoms with E-state index in [2.05, 4.69) is 18.8 Å². The predicted molar refractivity (Wildman–Crippen MR) is 60.5 cm³/mol. The van der Waals surface area contributed by atoms with Gasteiger partial charge in [-0.3, -0.25) is 9.69 Å². The van der Waals surface area contributed by atoms with E-state index >= 15 is 0 Å². The minimum absolute atomic E-state index is 0.129. The highest BCUT2D eigenvalue weighted by Gasteiger charge is 2.07. The fourth-order valence-corrected chi connectivity index (χ4v) is 1.02. The summed E-state index contributed by atoms with van der Waals surface area (Å²) in [5.41, 5.74) is 0.638. The number of hydrogen-bond acceptors (Lipinski definition) is 3. The highest BCUT2D eigenvalue weighted by molar-refractivity contribution is 5.95. The fourth-order valence-electron chi connectivity index (χ4n) is 1.02. The van der Waals surface area contributed by atoms with Crippen LogP contribution in [0.1, 0.15) is 20.3 Å². The molecule has 1 N–H and O–H groups in total. The van der Waals surface area contributed by atoms with Crippen LogP contribution in [0, 0.1) is 0 Å². The van der Waals surface area contributed by atoms with E-state index in [0.717, 1.165) is 13.0 Å². The maximum absolute atomic E-state index is 11.3. The van der Waals surface area contributed by atoms with Crippen molar-refractivity contribution >= 4 is 5.78 Å². The first-order valence-electron chi connectivity index (χ1n) is 5.02. The Labute approximate surface area is 87.2 Å². The summed E-state index contributed by atoms with van der Waals surface area (Å²) in [6, 6.07) is 0.498. The number of Topliss-reactive ketones (excluding diaryl/α,β-unsaturated/α-hetero) is 1. The molecule has 3 nitrogen and oxygen atoms in total. The average Bonchev–Trinajstić information content (AvgIpc) is 2.13. The van der Waals surface area contributed by atoms with Gasteiger partial charge in [0.25, 0.3) is 0 Å². The van der Waals surface area contributed by atoms with Crippen LogP contribution in [0.4, 0.5) is 0 Å². The van der Waals surface area contributed by atoms with Gasteiger partial charge < -0.3 is 5.32 Å². The van der Waals surface area contributed by atoms with Gasteiger partial charge in [-0.25, -0.2) is 0 Å². The third kappa shape index (κ3) is 5.89. The Morgan fingerprint density at radius 2 is 2.14 bits per heavy atom. The van der Waals surface area contributed by atoms with Crippen LogP contribution in [0.15, 0.2) is 12.2 Å². The van der Waals surface area contributed by atoms with Crippen molar-refractivity contribution in [1.29, 1.82) is 0 Å². The monoisotopic (exact) mass is 198 g/mol. The lowest BCUT2D eigenvalue weighted by molar-refractivity contribution is -0.116. The lowest BCUT2D eigenvalue weighted by atomic mass is 10.2. The molecule has 0 radical (unpaired) electrons. The van der Waals surface area contributed by atoms with Gasteiger partial charge in [0.2, 0.25) is 0 Å². The molecule has 1 unspecified atom stereocenters. The topological polar surface area (TPSA) is 32.3 Å². The molecule has 0 spiro atoms. The number of nitrogens with zero attached hydrogens (tertiary/aromatic N) is 1. The van der Waals surface area contributed by atoms with Crippen LogP contribution in [-0.4, -0.2) is 43.9 Å². The summed E-state index contributed by atoms with van der Waals surface area (Å²) in [4.78, 5) is 13.3. The highest BCUT2D eigenvalue weighted by Crippen LogP contribution is 1.96. The molecule has 0 saturated carbocycles. The third-order valence-electron chi connectivity index (χ3n) is 2.33. The Morgan fingerprint density at radius 3 is 2.57 bits per heavy atom. The number of likely N-dealkylation sites (N-methyl/N-ethyl adjacent to an activating group) is 1. The van der Waals surface area contributed by atoms with Crippen LogP contribution >= 0.6 is 0 Å². The maximum Gasteiger partial charge on any atom is 0.171 e. The van der Waals surface area contributed by atoms with Crippen molar-refractivity contribution in [3.63, 3.8) is 0 Å². The second-order valence-corrected chi connectivity index (χ2v) is 3.92. The summed E-state index contributed by atoms with van der Waals surface area (Å²) < 4.78 is 0. The lowest BCUT2D eigenvalue weighted by Crippen LogP contribution is -2.31. The Kier molecular flexibility index (Phi) is 6.41. The van der Waals surface area contributed by atoms with Crippen molar-refractivity contribution in [3.05, 3.63) is 12.2 Å². The summed E-state index contributed by atoms with van der Waals surface area (Å²) >= 11 is 0. The fraction of sp³-hybridized carbons (Fsp3) is 0.727. The molecule has 0 aliphatic heterocycles. The first-order chi connectivity index (χ1) is 6.47. The average molecular weight is 198 g/mol. The number of rotatable bonds is 7. The number of nitrogens with one attached hydrogen (secondary N) is 1. The molecule has 0 bridgehead atoms. The largest absolute Gasteiger partial charge is 0.317 e. The Morgan fingerprint density at radius 1 is 1.57 bits per heavy atom. The van der Waals surface area contributed by atoms with E-state index in [1.54, 1.807) is 6.92 Å². The molecular formula is C11H22N2O. The van der Waals surface area contributed by atoms with Crippen molar-refractivity contribution in [2.24, 2.45) is 0 Å². The standard InChI is InChI=1S/C11H22N2O/c1-9(2)11(14)8-13(5)7-6-10(3)12-4/h10,12H,1,6-8H2,2-5H3. The van der Waals surface area contributed by atoms with Crippen molar-refractivity contribution in [1.82, 2.24) is 10.2 Å². The molecule has 0 aliphatic rings. The minimum Gasteiger partial charge on any atom is -0.317 e. The number of carbonyl (C=O) groups is 1. The van der Waals surface area contributed by atoms with Crippen LogP contribution in [-0.2, 0) is 4.79 Å². The third-order valence-corrected chi connectivity index (χ3v) is 2.33. The molecule has 0 amide bonds. The van der Waals surface area contributed by atoms with Crippen LogP contribution in [0.25, 0.3) is 0 Å². The Hall–Kier alpha value is -0.670. The molecule has 0 heterocycles. The zero-order chi connectivity index (χ0) is 11.1. The van der Waals surface area contributed by atoms with E-state index in [1.807, 2.05) is 19.0 Å². The number of ketones is 1. The quantitative estimate of drug-likeness (QED) is 0.621. The molecule has 82 valence electrons. The highest BCUT2D eigenvalue weighted by atomic mass is 16.1. The first-order valence-corrected chi connectivity index (χ1v) is 5.02. The lowest BCUT2D eigenvalue weighted by Gasteiger charge is -2.18. The second kappa shape index (κ2) is 6.74. The van der Waals surface area contributed by atoms with Crippen molar-refractivity contribution in [2.75, 3.05) is 27.2 Å². The van der Waals surface area contributed by atoms with Gasteiger partial charge in [0, 0.05) is 6.04 Å². The van der Waals surface area contributed by atoms with Gasteiger partial charge in [-0.05, 0) is 46.5 Å². The smallest absolute Gasteiger partial charge is 0.171 e. The van der Waals surface area contributed by atoms with Gasteiger partial charge in [-0.15, -0.1) is 0 Å². The molecule has 1 atom stereocenters. The van der Waals surface area contributed by atoms with E-state index in [1.165, 1.54) is 0 Å². The molecule has 0 aromatic carbocycles. The Balaban J connectivity index is 3.70. The molecule has 3 heteroatoms. The normalized spacial score (nSPS) is 12.9.